The average molecular weight is 507 g/mol. The van der Waals surface area contributed by atoms with E-state index >= 15 is 0 Å². The highest BCUT2D eigenvalue weighted by molar-refractivity contribution is 5.96. The van der Waals surface area contributed by atoms with Gasteiger partial charge in [0, 0.05) is 13.0 Å². The Morgan fingerprint density at radius 1 is 0.889 bits per heavy atom. The molecule has 198 valence electrons. The molecule has 0 aliphatic rings. The van der Waals surface area contributed by atoms with E-state index in [1.54, 1.807) is 30.3 Å². The van der Waals surface area contributed by atoms with Crippen LogP contribution in [0.3, 0.4) is 0 Å². The van der Waals surface area contributed by atoms with Crippen molar-refractivity contribution in [3.8, 4) is 0 Å². The van der Waals surface area contributed by atoms with Gasteiger partial charge in [0.1, 0.15) is 18.1 Å². The number of guanidine groups is 1. The Hall–Kier alpha value is -4.20. The molecule has 0 bridgehead atoms. The standard InChI is InChI=1S/C22H34N8O6/c1-12(23)18(32)29-16(11-17(24)31)20(34)30-15(10-13-6-3-2-4-7-13)19(33)28-14(21(35)36)8-5-9-27-22(25)26/h2-4,6-7,12,14-16H,5,8-11,23H2,1H3,(H2,24,31)(H,28,33)(H,29,32)(H,30,34)(H,35,36)(H4,25,26,27). The van der Waals surface area contributed by atoms with Crippen LogP contribution < -0.4 is 38.9 Å². The van der Waals surface area contributed by atoms with E-state index in [2.05, 4.69) is 20.9 Å². The molecule has 14 nitrogen and oxygen atoms in total. The Bertz CT molecular complexity index is 949. The number of carbonyl (C=O) groups excluding carboxylic acids is 4. The molecule has 1 aromatic carbocycles. The van der Waals surface area contributed by atoms with Crippen LogP contribution >= 0.6 is 0 Å². The van der Waals surface area contributed by atoms with Crippen LogP contribution in [0.1, 0.15) is 31.7 Å². The maximum Gasteiger partial charge on any atom is 0.326 e. The number of rotatable bonds is 15. The topological polar surface area (TPSA) is 258 Å². The van der Waals surface area contributed by atoms with Crippen molar-refractivity contribution in [2.45, 2.75) is 56.8 Å². The largest absolute Gasteiger partial charge is 0.480 e. The summed E-state index contributed by atoms with van der Waals surface area (Å²) in [6, 6.07) is 3.80. The van der Waals surface area contributed by atoms with Gasteiger partial charge in [0.05, 0.1) is 12.5 Å². The van der Waals surface area contributed by atoms with E-state index in [9.17, 15) is 29.1 Å². The summed E-state index contributed by atoms with van der Waals surface area (Å²) in [5.41, 5.74) is 21.9. The lowest BCUT2D eigenvalue weighted by atomic mass is 10.0. The van der Waals surface area contributed by atoms with Gasteiger partial charge >= 0.3 is 5.97 Å². The van der Waals surface area contributed by atoms with Crippen molar-refractivity contribution in [3.63, 3.8) is 0 Å². The van der Waals surface area contributed by atoms with Gasteiger partial charge in [-0.15, -0.1) is 0 Å². The molecule has 0 radical (unpaired) electrons. The minimum Gasteiger partial charge on any atom is -0.480 e. The third-order valence-corrected chi connectivity index (χ3v) is 4.93. The number of primary amides is 1. The van der Waals surface area contributed by atoms with Gasteiger partial charge in [-0.3, -0.25) is 24.2 Å². The molecule has 4 unspecified atom stereocenters. The second kappa shape index (κ2) is 14.9. The summed E-state index contributed by atoms with van der Waals surface area (Å²) in [4.78, 5) is 64.9. The van der Waals surface area contributed by atoms with E-state index in [0.29, 0.717) is 5.56 Å². The smallest absolute Gasteiger partial charge is 0.326 e. The second-order valence-corrected chi connectivity index (χ2v) is 8.12. The Morgan fingerprint density at radius 3 is 1.97 bits per heavy atom. The van der Waals surface area contributed by atoms with Crippen LogP contribution in [0.5, 0.6) is 0 Å². The normalized spacial score (nSPS) is 13.8. The molecule has 0 aliphatic heterocycles. The van der Waals surface area contributed by atoms with Gasteiger partial charge in [0.15, 0.2) is 5.96 Å². The van der Waals surface area contributed by atoms with Crippen molar-refractivity contribution in [1.82, 2.24) is 16.0 Å². The molecule has 14 heteroatoms. The summed E-state index contributed by atoms with van der Waals surface area (Å²) in [7, 11) is 0. The zero-order valence-electron chi connectivity index (χ0n) is 20.0. The molecule has 4 atom stereocenters. The predicted molar refractivity (Wildman–Crippen MR) is 131 cm³/mol. The maximum atomic E-state index is 13.1. The zero-order valence-corrected chi connectivity index (χ0v) is 20.0. The molecule has 12 N–H and O–H groups in total. The van der Waals surface area contributed by atoms with Crippen LogP contribution in [-0.4, -0.2) is 71.4 Å². The maximum absolute atomic E-state index is 13.1. The highest BCUT2D eigenvalue weighted by Gasteiger charge is 2.30. The van der Waals surface area contributed by atoms with Gasteiger partial charge in [-0.25, -0.2) is 4.79 Å². The number of aliphatic carboxylic acids is 1. The lowest BCUT2D eigenvalue weighted by molar-refractivity contribution is -0.142. The first kappa shape index (κ1) is 29.8. The zero-order chi connectivity index (χ0) is 27.3. The van der Waals surface area contributed by atoms with Gasteiger partial charge in [-0.05, 0) is 25.3 Å². The molecular formula is C22H34N8O6. The summed E-state index contributed by atoms with van der Waals surface area (Å²) >= 11 is 0. The van der Waals surface area contributed by atoms with Gasteiger partial charge in [0.25, 0.3) is 0 Å². The van der Waals surface area contributed by atoms with Crippen LogP contribution in [0.2, 0.25) is 0 Å². The highest BCUT2D eigenvalue weighted by atomic mass is 16.4. The summed E-state index contributed by atoms with van der Waals surface area (Å²) in [5.74, 6) is -4.63. The van der Waals surface area contributed by atoms with Gasteiger partial charge in [0.2, 0.25) is 23.6 Å². The van der Waals surface area contributed by atoms with E-state index in [-0.39, 0.29) is 31.8 Å². The molecule has 0 spiro atoms. The molecule has 1 rings (SSSR count). The number of hydrogen-bond acceptors (Lipinski definition) is 7. The van der Waals surface area contributed by atoms with Crippen molar-refractivity contribution in [1.29, 1.82) is 0 Å². The van der Waals surface area contributed by atoms with Crippen molar-refractivity contribution in [2.24, 2.45) is 27.9 Å². The predicted octanol–water partition coefficient (Wildman–Crippen LogP) is -2.96. The van der Waals surface area contributed by atoms with Crippen LogP contribution in [0.25, 0.3) is 0 Å². The number of nitrogens with zero attached hydrogens (tertiary/aromatic N) is 1. The van der Waals surface area contributed by atoms with Crippen LogP contribution in [-0.2, 0) is 30.4 Å². The lowest BCUT2D eigenvalue weighted by Crippen LogP contribution is -2.58. The first-order chi connectivity index (χ1) is 16.9. The Labute approximate surface area is 208 Å². The van der Waals surface area contributed by atoms with E-state index < -0.39 is 60.2 Å². The molecule has 0 fully saturated rings. The number of benzene rings is 1. The Balaban J connectivity index is 3.07. The van der Waals surface area contributed by atoms with E-state index in [4.69, 9.17) is 22.9 Å². The van der Waals surface area contributed by atoms with Gasteiger partial charge in [-0.1, -0.05) is 30.3 Å². The molecule has 0 heterocycles. The van der Waals surface area contributed by atoms with Gasteiger partial charge < -0.3 is 44.0 Å². The molecule has 1 aromatic rings. The van der Waals surface area contributed by atoms with Crippen LogP contribution in [0.4, 0.5) is 0 Å². The third kappa shape index (κ3) is 11.3. The minimum atomic E-state index is -1.39. The number of carbonyl (C=O) groups is 5. The second-order valence-electron chi connectivity index (χ2n) is 8.12. The average Bonchev–Trinajstić information content (AvgIpc) is 2.79. The van der Waals surface area contributed by atoms with E-state index in [0.717, 1.165) is 0 Å². The third-order valence-electron chi connectivity index (χ3n) is 4.93. The van der Waals surface area contributed by atoms with Crippen molar-refractivity contribution >= 4 is 35.6 Å². The first-order valence-corrected chi connectivity index (χ1v) is 11.2. The molecule has 0 saturated heterocycles. The number of amides is 4. The molecule has 0 aliphatic carbocycles. The van der Waals surface area contributed by atoms with E-state index in [1.165, 1.54) is 6.92 Å². The fourth-order valence-corrected chi connectivity index (χ4v) is 3.08. The molecule has 0 saturated carbocycles. The molecule has 0 aromatic heterocycles. The fourth-order valence-electron chi connectivity index (χ4n) is 3.08. The molecule has 36 heavy (non-hydrogen) atoms. The monoisotopic (exact) mass is 506 g/mol. The van der Waals surface area contributed by atoms with Crippen LogP contribution in [0.15, 0.2) is 35.3 Å². The Kier molecular flexibility index (Phi) is 12.4. The number of aliphatic imine (C=N–C) groups is 1. The van der Waals surface area contributed by atoms with Crippen molar-refractivity contribution in [3.05, 3.63) is 35.9 Å². The number of nitrogens with one attached hydrogen (secondary N) is 3. The molecular weight excluding hydrogens is 472 g/mol. The van der Waals surface area contributed by atoms with Crippen molar-refractivity contribution in [2.75, 3.05) is 6.54 Å². The highest BCUT2D eigenvalue weighted by Crippen LogP contribution is 2.07. The van der Waals surface area contributed by atoms with E-state index in [1.807, 2.05) is 0 Å². The van der Waals surface area contributed by atoms with Crippen molar-refractivity contribution < 1.29 is 29.1 Å². The number of carboxylic acids is 1. The molecule has 4 amide bonds. The van der Waals surface area contributed by atoms with Gasteiger partial charge in [-0.2, -0.15) is 0 Å². The SMILES string of the molecule is CC(N)C(=O)NC(CC(N)=O)C(=O)NC(Cc1ccccc1)C(=O)NC(CCCN=C(N)N)C(=O)O. The summed E-state index contributed by atoms with van der Waals surface area (Å²) < 4.78 is 0. The fraction of sp³-hybridized carbons (Fsp3) is 0.455. The van der Waals surface area contributed by atoms with Crippen LogP contribution in [0, 0.1) is 0 Å². The first-order valence-electron chi connectivity index (χ1n) is 11.2. The quantitative estimate of drug-likeness (QED) is 0.0685. The Morgan fingerprint density at radius 2 is 1.44 bits per heavy atom. The number of nitrogens with two attached hydrogens (primary N) is 4. The summed E-state index contributed by atoms with van der Waals surface area (Å²) in [6.45, 7) is 1.56. The number of hydrogen-bond donors (Lipinski definition) is 8. The summed E-state index contributed by atoms with van der Waals surface area (Å²) in [5, 5.41) is 16.7. The number of carboxylic acid groups (broad SMARTS) is 1. The minimum absolute atomic E-state index is 0.00326. The summed E-state index contributed by atoms with van der Waals surface area (Å²) in [6.07, 6.45) is -0.233. The lowest BCUT2D eigenvalue weighted by Gasteiger charge is -2.24.